The molecule has 0 spiro atoms. The average molecular weight is 562 g/mol. The molecule has 4 rings (SSSR count). The summed E-state index contributed by atoms with van der Waals surface area (Å²) < 4.78 is 18.3. The first kappa shape index (κ1) is 28.2. The van der Waals surface area contributed by atoms with Crippen molar-refractivity contribution < 1.29 is 34.0 Å². The molecule has 0 aliphatic rings. The largest absolute Gasteiger partial charge is 0.497 e. The Bertz CT molecular complexity index is 1510. The number of hydrogen-bond acceptors (Lipinski definition) is 8. The maximum absolute atomic E-state index is 12.1. The predicted molar refractivity (Wildman–Crippen MR) is 150 cm³/mol. The normalized spacial score (nSPS) is 11.2. The van der Waals surface area contributed by atoms with Gasteiger partial charge in [-0.15, -0.1) is 10.2 Å². The van der Waals surface area contributed by atoms with Crippen LogP contribution in [-0.2, 0) is 17.9 Å². The van der Waals surface area contributed by atoms with Gasteiger partial charge < -0.3 is 29.0 Å². The number of carboxylic acid groups (broad SMARTS) is 2. The van der Waals surface area contributed by atoms with Crippen molar-refractivity contribution in [1.29, 1.82) is 0 Å². The van der Waals surface area contributed by atoms with E-state index in [0.29, 0.717) is 40.3 Å². The SMILES string of the molecule is CCn1c(S/C(=C\c2ccc(OCc3ccc(C(=O)O)cc3)cc2)C(=O)O)nnc1-c1cc(OC)cc(OC)c1. The van der Waals surface area contributed by atoms with Crippen molar-refractivity contribution in [2.75, 3.05) is 14.2 Å². The summed E-state index contributed by atoms with van der Waals surface area (Å²) in [7, 11) is 3.13. The number of ether oxygens (including phenoxy) is 3. The number of aromatic nitrogens is 3. The zero-order valence-corrected chi connectivity index (χ0v) is 22.8. The van der Waals surface area contributed by atoms with Crippen LogP contribution < -0.4 is 14.2 Å². The second kappa shape index (κ2) is 12.9. The van der Waals surface area contributed by atoms with Crippen LogP contribution in [0.1, 0.15) is 28.4 Å². The van der Waals surface area contributed by atoms with E-state index in [-0.39, 0.29) is 17.1 Å². The number of carboxylic acids is 2. The van der Waals surface area contributed by atoms with Crippen LogP contribution >= 0.6 is 11.8 Å². The van der Waals surface area contributed by atoms with Gasteiger partial charge in [0, 0.05) is 18.2 Å². The highest BCUT2D eigenvalue weighted by atomic mass is 32.2. The third kappa shape index (κ3) is 6.80. The van der Waals surface area contributed by atoms with Crippen molar-refractivity contribution in [3.8, 4) is 28.6 Å². The van der Waals surface area contributed by atoms with E-state index in [1.807, 2.05) is 23.6 Å². The lowest BCUT2D eigenvalue weighted by Gasteiger charge is -2.10. The van der Waals surface area contributed by atoms with Crippen LogP contribution in [0.25, 0.3) is 17.5 Å². The summed E-state index contributed by atoms with van der Waals surface area (Å²) in [6.07, 6.45) is 1.56. The lowest BCUT2D eigenvalue weighted by atomic mass is 10.1. The van der Waals surface area contributed by atoms with Gasteiger partial charge in [-0.05, 0) is 72.3 Å². The molecule has 0 bridgehead atoms. The van der Waals surface area contributed by atoms with Crippen LogP contribution in [0.4, 0.5) is 0 Å². The monoisotopic (exact) mass is 561 g/mol. The highest BCUT2D eigenvalue weighted by Crippen LogP contribution is 2.33. The number of rotatable bonds is 12. The van der Waals surface area contributed by atoms with Crippen LogP contribution in [0, 0.1) is 0 Å². The first-order valence-electron chi connectivity index (χ1n) is 12.2. The van der Waals surface area contributed by atoms with E-state index in [1.54, 1.807) is 62.8 Å². The number of aliphatic carboxylic acids is 1. The molecule has 40 heavy (non-hydrogen) atoms. The number of hydrogen-bond donors (Lipinski definition) is 2. The lowest BCUT2D eigenvalue weighted by Crippen LogP contribution is -2.03. The molecular weight excluding hydrogens is 534 g/mol. The molecule has 0 amide bonds. The molecule has 0 fully saturated rings. The van der Waals surface area contributed by atoms with Crippen molar-refractivity contribution in [2.45, 2.75) is 25.2 Å². The van der Waals surface area contributed by atoms with Gasteiger partial charge in [0.05, 0.1) is 19.8 Å². The molecule has 11 heteroatoms. The van der Waals surface area contributed by atoms with E-state index < -0.39 is 11.9 Å². The molecule has 3 aromatic carbocycles. The third-order valence-electron chi connectivity index (χ3n) is 5.84. The molecule has 0 aliphatic heterocycles. The van der Waals surface area contributed by atoms with E-state index in [9.17, 15) is 14.7 Å². The summed E-state index contributed by atoms with van der Waals surface area (Å²) >= 11 is 1.01. The summed E-state index contributed by atoms with van der Waals surface area (Å²) in [4.78, 5) is 23.2. The Balaban J connectivity index is 1.50. The van der Waals surface area contributed by atoms with Gasteiger partial charge >= 0.3 is 11.9 Å². The number of carbonyl (C=O) groups is 2. The number of aromatic carboxylic acids is 1. The topological polar surface area (TPSA) is 133 Å². The molecule has 2 N–H and O–H groups in total. The molecule has 10 nitrogen and oxygen atoms in total. The maximum Gasteiger partial charge on any atom is 0.342 e. The lowest BCUT2D eigenvalue weighted by molar-refractivity contribution is -0.131. The van der Waals surface area contributed by atoms with E-state index in [4.69, 9.17) is 19.3 Å². The molecule has 0 radical (unpaired) electrons. The van der Waals surface area contributed by atoms with Gasteiger partial charge in [0.2, 0.25) is 0 Å². The Hall–Kier alpha value is -4.77. The first-order chi connectivity index (χ1) is 19.3. The van der Waals surface area contributed by atoms with Crippen LogP contribution in [0.5, 0.6) is 17.2 Å². The maximum atomic E-state index is 12.1. The number of nitrogens with zero attached hydrogens (tertiary/aromatic N) is 3. The Labute approximate surface area is 234 Å². The van der Waals surface area contributed by atoms with Gasteiger partial charge in [-0.3, -0.25) is 0 Å². The fourth-order valence-corrected chi connectivity index (χ4v) is 4.64. The minimum atomic E-state index is -1.09. The fourth-order valence-electron chi connectivity index (χ4n) is 3.75. The quantitative estimate of drug-likeness (QED) is 0.169. The van der Waals surface area contributed by atoms with E-state index >= 15 is 0 Å². The van der Waals surface area contributed by atoms with Crippen molar-refractivity contribution in [3.05, 3.63) is 88.3 Å². The molecule has 206 valence electrons. The molecule has 0 unspecified atom stereocenters. The predicted octanol–water partition coefficient (Wildman–Crippen LogP) is 5.48. The highest BCUT2D eigenvalue weighted by molar-refractivity contribution is 8.04. The molecule has 0 saturated heterocycles. The molecule has 4 aromatic rings. The summed E-state index contributed by atoms with van der Waals surface area (Å²) in [5.74, 6) is 0.278. The van der Waals surface area contributed by atoms with Crippen LogP contribution in [0.15, 0.2) is 76.8 Å². The van der Waals surface area contributed by atoms with Crippen molar-refractivity contribution in [2.24, 2.45) is 0 Å². The summed E-state index contributed by atoms with van der Waals surface area (Å²) in [5, 5.41) is 27.9. The molecule has 0 atom stereocenters. The zero-order chi connectivity index (χ0) is 28.6. The zero-order valence-electron chi connectivity index (χ0n) is 22.0. The second-order valence-electron chi connectivity index (χ2n) is 8.43. The second-order valence-corrected chi connectivity index (χ2v) is 9.44. The summed E-state index contributed by atoms with van der Waals surface area (Å²) in [6, 6.07) is 18.8. The van der Waals surface area contributed by atoms with Crippen molar-refractivity contribution >= 4 is 29.8 Å². The van der Waals surface area contributed by atoms with E-state index in [0.717, 1.165) is 22.9 Å². The van der Waals surface area contributed by atoms with Crippen molar-refractivity contribution in [3.63, 3.8) is 0 Å². The number of benzene rings is 3. The Morgan fingerprint density at radius 3 is 2.10 bits per heavy atom. The fraction of sp³-hybridized carbons (Fsp3) is 0.172. The molecular formula is C29H27N3O7S. The average Bonchev–Trinajstić information content (AvgIpc) is 3.38. The number of thioether (sulfide) groups is 1. The van der Waals surface area contributed by atoms with Gasteiger partial charge in [-0.1, -0.05) is 24.3 Å². The van der Waals surface area contributed by atoms with Gasteiger partial charge in [0.15, 0.2) is 11.0 Å². The number of methoxy groups -OCH3 is 2. The highest BCUT2D eigenvalue weighted by Gasteiger charge is 2.19. The third-order valence-corrected chi connectivity index (χ3v) is 6.84. The minimum Gasteiger partial charge on any atom is -0.497 e. The Kier molecular flexibility index (Phi) is 9.07. The Morgan fingerprint density at radius 2 is 1.55 bits per heavy atom. The molecule has 0 saturated carbocycles. The van der Waals surface area contributed by atoms with Gasteiger partial charge in [0.25, 0.3) is 0 Å². The van der Waals surface area contributed by atoms with Crippen LogP contribution in [0.2, 0.25) is 0 Å². The molecule has 0 aliphatic carbocycles. The van der Waals surface area contributed by atoms with Crippen LogP contribution in [-0.4, -0.2) is 51.1 Å². The summed E-state index contributed by atoms with van der Waals surface area (Å²) in [5.41, 5.74) is 2.43. The molecule has 1 aromatic heterocycles. The standard InChI is InChI=1S/C29H27N3O7S/c1-4-32-26(21-14-23(37-2)16-24(15-21)38-3)30-31-29(32)40-25(28(35)36)13-18-7-11-22(12-8-18)39-17-19-5-9-20(10-6-19)27(33)34/h5-16H,4,17H2,1-3H3,(H,33,34)(H,35,36)/b25-13-. The van der Waals surface area contributed by atoms with E-state index in [2.05, 4.69) is 10.2 Å². The van der Waals surface area contributed by atoms with E-state index in [1.165, 1.54) is 12.1 Å². The minimum absolute atomic E-state index is 0.0732. The summed E-state index contributed by atoms with van der Waals surface area (Å²) in [6.45, 7) is 2.71. The molecule has 1 heterocycles. The van der Waals surface area contributed by atoms with Gasteiger partial charge in [-0.2, -0.15) is 0 Å². The smallest absolute Gasteiger partial charge is 0.342 e. The Morgan fingerprint density at radius 1 is 0.900 bits per heavy atom. The van der Waals surface area contributed by atoms with Crippen LogP contribution in [0.3, 0.4) is 0 Å². The van der Waals surface area contributed by atoms with Gasteiger partial charge in [-0.25, -0.2) is 9.59 Å². The van der Waals surface area contributed by atoms with Gasteiger partial charge in [0.1, 0.15) is 28.8 Å². The van der Waals surface area contributed by atoms with Crippen molar-refractivity contribution in [1.82, 2.24) is 14.8 Å². The first-order valence-corrected chi connectivity index (χ1v) is 13.0.